The number of nitrogens with zero attached hydrogens (tertiary/aromatic N) is 3. The Kier molecular flexibility index (Phi) is 4.12. The minimum Gasteiger partial charge on any atom is -0.366 e. The van der Waals surface area contributed by atoms with Crippen LogP contribution in [0.1, 0.15) is 17.7 Å². The molecule has 0 saturated carbocycles. The average molecular weight is 367 g/mol. The lowest BCUT2D eigenvalue weighted by Gasteiger charge is -2.24. The van der Waals surface area contributed by atoms with Gasteiger partial charge in [0.05, 0.1) is 11.1 Å². The van der Waals surface area contributed by atoms with Crippen molar-refractivity contribution >= 4 is 22.8 Å². The minimum absolute atomic E-state index is 0.344. The molecule has 1 aliphatic heterocycles. The summed E-state index contributed by atoms with van der Waals surface area (Å²) in [6, 6.07) is 6.57. The zero-order valence-electron chi connectivity index (χ0n) is 13.2. The predicted octanol–water partition coefficient (Wildman–Crippen LogP) is 3.64. The van der Waals surface area contributed by atoms with Crippen LogP contribution in [0.5, 0.6) is 0 Å². The topological polar surface area (TPSA) is 54.2 Å². The SMILES string of the molecule is FC(F)(F)c1ccc(-c2cnc3ccc(NC4CCNCC4)nn23)s1. The van der Waals surface area contributed by atoms with Gasteiger partial charge in [-0.25, -0.2) is 9.50 Å². The predicted molar refractivity (Wildman–Crippen MR) is 90.8 cm³/mol. The van der Waals surface area contributed by atoms with E-state index in [9.17, 15) is 13.2 Å². The Hall–Kier alpha value is -2.13. The van der Waals surface area contributed by atoms with Crippen molar-refractivity contribution in [2.45, 2.75) is 25.1 Å². The summed E-state index contributed by atoms with van der Waals surface area (Å²) in [4.78, 5) is 4.11. The van der Waals surface area contributed by atoms with E-state index in [1.165, 1.54) is 6.07 Å². The van der Waals surface area contributed by atoms with Crippen molar-refractivity contribution < 1.29 is 13.2 Å². The van der Waals surface area contributed by atoms with E-state index >= 15 is 0 Å². The van der Waals surface area contributed by atoms with Gasteiger partial charge in [0.25, 0.3) is 0 Å². The molecule has 3 aromatic rings. The normalized spacial score (nSPS) is 16.4. The number of anilines is 1. The minimum atomic E-state index is -4.33. The number of nitrogens with one attached hydrogen (secondary N) is 2. The molecular weight excluding hydrogens is 351 g/mol. The Morgan fingerprint density at radius 2 is 1.96 bits per heavy atom. The molecule has 4 rings (SSSR count). The maximum absolute atomic E-state index is 12.8. The zero-order valence-corrected chi connectivity index (χ0v) is 14.0. The number of aromatic nitrogens is 3. The first-order valence-electron chi connectivity index (χ1n) is 8.00. The molecule has 4 heterocycles. The molecule has 5 nitrogen and oxygen atoms in total. The van der Waals surface area contributed by atoms with E-state index in [1.54, 1.807) is 10.7 Å². The van der Waals surface area contributed by atoms with Gasteiger partial charge in [-0.2, -0.15) is 13.2 Å². The fraction of sp³-hybridized carbons (Fsp3) is 0.375. The van der Waals surface area contributed by atoms with Crippen molar-refractivity contribution in [3.05, 3.63) is 35.3 Å². The second-order valence-corrected chi connectivity index (χ2v) is 7.05. The van der Waals surface area contributed by atoms with E-state index in [-0.39, 0.29) is 0 Å². The number of rotatable bonds is 3. The third-order valence-electron chi connectivity index (χ3n) is 4.19. The molecule has 2 N–H and O–H groups in total. The Bertz CT molecular complexity index is 879. The molecule has 1 saturated heterocycles. The Morgan fingerprint density at radius 1 is 1.16 bits per heavy atom. The van der Waals surface area contributed by atoms with E-state index in [0.717, 1.165) is 32.0 Å². The number of hydrogen-bond donors (Lipinski definition) is 2. The molecule has 132 valence electrons. The van der Waals surface area contributed by atoms with Gasteiger partial charge in [0.15, 0.2) is 5.65 Å². The number of alkyl halides is 3. The van der Waals surface area contributed by atoms with Crippen molar-refractivity contribution in [1.29, 1.82) is 0 Å². The molecule has 1 aliphatic rings. The van der Waals surface area contributed by atoms with E-state index in [2.05, 4.69) is 20.7 Å². The summed E-state index contributed by atoms with van der Waals surface area (Å²) >= 11 is 0.699. The first kappa shape index (κ1) is 16.3. The molecule has 9 heteroatoms. The van der Waals surface area contributed by atoms with Crippen LogP contribution >= 0.6 is 11.3 Å². The van der Waals surface area contributed by atoms with Crippen LogP contribution < -0.4 is 10.6 Å². The summed E-state index contributed by atoms with van der Waals surface area (Å²) < 4.78 is 40.1. The molecule has 0 atom stereocenters. The smallest absolute Gasteiger partial charge is 0.366 e. The largest absolute Gasteiger partial charge is 0.425 e. The molecule has 3 aromatic heterocycles. The van der Waals surface area contributed by atoms with Gasteiger partial charge in [-0.1, -0.05) is 0 Å². The summed E-state index contributed by atoms with van der Waals surface area (Å²) in [7, 11) is 0. The summed E-state index contributed by atoms with van der Waals surface area (Å²) in [5, 5.41) is 11.2. The van der Waals surface area contributed by atoms with Gasteiger partial charge in [0.1, 0.15) is 16.4 Å². The number of imidazole rings is 1. The van der Waals surface area contributed by atoms with Crippen molar-refractivity contribution in [2.24, 2.45) is 0 Å². The molecule has 0 aromatic carbocycles. The fourth-order valence-electron chi connectivity index (χ4n) is 2.92. The van der Waals surface area contributed by atoms with E-state index < -0.39 is 11.1 Å². The highest BCUT2D eigenvalue weighted by molar-refractivity contribution is 7.15. The van der Waals surface area contributed by atoms with Gasteiger partial charge < -0.3 is 10.6 Å². The van der Waals surface area contributed by atoms with Crippen LogP contribution in [0.25, 0.3) is 16.2 Å². The lowest BCUT2D eigenvalue weighted by molar-refractivity contribution is -0.134. The molecule has 0 aliphatic carbocycles. The third kappa shape index (κ3) is 3.34. The Morgan fingerprint density at radius 3 is 2.68 bits per heavy atom. The molecule has 0 unspecified atom stereocenters. The van der Waals surface area contributed by atoms with Crippen LogP contribution in [0.4, 0.5) is 19.0 Å². The number of piperidine rings is 1. The van der Waals surface area contributed by atoms with Crippen LogP contribution in [0.2, 0.25) is 0 Å². The van der Waals surface area contributed by atoms with Crippen LogP contribution in [0, 0.1) is 0 Å². The highest BCUT2D eigenvalue weighted by Gasteiger charge is 2.32. The quantitative estimate of drug-likeness (QED) is 0.742. The molecule has 0 bridgehead atoms. The van der Waals surface area contributed by atoms with Crippen molar-refractivity contribution in [3.63, 3.8) is 0 Å². The number of halogens is 3. The molecule has 0 amide bonds. The van der Waals surface area contributed by atoms with Crippen LogP contribution in [-0.4, -0.2) is 33.7 Å². The highest BCUT2D eigenvalue weighted by Crippen LogP contribution is 2.38. The van der Waals surface area contributed by atoms with Crippen molar-refractivity contribution in [1.82, 2.24) is 19.9 Å². The Balaban J connectivity index is 1.65. The molecule has 25 heavy (non-hydrogen) atoms. The number of fused-ring (bicyclic) bond motifs is 1. The van der Waals surface area contributed by atoms with E-state index in [0.29, 0.717) is 39.4 Å². The summed E-state index contributed by atoms with van der Waals surface area (Å²) in [6.07, 6.45) is -0.756. The van der Waals surface area contributed by atoms with E-state index in [1.807, 2.05) is 12.1 Å². The van der Waals surface area contributed by atoms with Gasteiger partial charge in [-0.15, -0.1) is 16.4 Å². The maximum Gasteiger partial charge on any atom is 0.425 e. The summed E-state index contributed by atoms with van der Waals surface area (Å²) in [6.45, 7) is 1.93. The lowest BCUT2D eigenvalue weighted by atomic mass is 10.1. The molecule has 0 spiro atoms. The second-order valence-electron chi connectivity index (χ2n) is 5.96. The number of hydrogen-bond acceptors (Lipinski definition) is 5. The highest BCUT2D eigenvalue weighted by atomic mass is 32.1. The number of thiophene rings is 1. The fourth-order valence-corrected chi connectivity index (χ4v) is 3.79. The summed E-state index contributed by atoms with van der Waals surface area (Å²) in [5.74, 6) is 0.700. The van der Waals surface area contributed by atoms with Crippen molar-refractivity contribution in [2.75, 3.05) is 18.4 Å². The first-order valence-corrected chi connectivity index (χ1v) is 8.82. The van der Waals surface area contributed by atoms with Crippen LogP contribution in [-0.2, 0) is 6.18 Å². The van der Waals surface area contributed by atoms with Gasteiger partial charge in [0, 0.05) is 6.04 Å². The Labute approximate surface area is 145 Å². The van der Waals surface area contributed by atoms with E-state index in [4.69, 9.17) is 0 Å². The van der Waals surface area contributed by atoms with Gasteiger partial charge in [-0.3, -0.25) is 0 Å². The summed E-state index contributed by atoms with van der Waals surface area (Å²) in [5.41, 5.74) is 1.16. The second kappa shape index (κ2) is 6.30. The lowest BCUT2D eigenvalue weighted by Crippen LogP contribution is -2.35. The average Bonchev–Trinajstić information content (AvgIpc) is 3.21. The maximum atomic E-state index is 12.8. The van der Waals surface area contributed by atoms with Crippen LogP contribution in [0.15, 0.2) is 30.5 Å². The molecule has 1 fully saturated rings. The van der Waals surface area contributed by atoms with Gasteiger partial charge in [0.2, 0.25) is 0 Å². The standard InChI is InChI=1S/C16H16F3N5S/c17-16(18,19)13-2-1-12(25-13)11-9-21-15-4-3-14(23-24(11)15)22-10-5-7-20-8-6-10/h1-4,9-10,20H,5-8H2,(H,22,23). The molecule has 0 radical (unpaired) electrons. The van der Waals surface area contributed by atoms with Gasteiger partial charge in [-0.05, 0) is 50.2 Å². The monoisotopic (exact) mass is 367 g/mol. The zero-order chi connectivity index (χ0) is 17.4. The van der Waals surface area contributed by atoms with Gasteiger partial charge >= 0.3 is 6.18 Å². The van der Waals surface area contributed by atoms with Crippen molar-refractivity contribution in [3.8, 4) is 10.6 Å². The third-order valence-corrected chi connectivity index (χ3v) is 5.34. The molecular formula is C16H16F3N5S. The van der Waals surface area contributed by atoms with Crippen LogP contribution in [0.3, 0.4) is 0 Å². The first-order chi connectivity index (χ1) is 12.0.